The highest BCUT2D eigenvalue weighted by molar-refractivity contribution is 5.64. The normalized spacial score (nSPS) is 10.2. The highest BCUT2D eigenvalue weighted by Crippen LogP contribution is 2.23. The summed E-state index contributed by atoms with van der Waals surface area (Å²) in [4.78, 5) is 0. The Balaban J connectivity index is 2.10. The summed E-state index contributed by atoms with van der Waals surface area (Å²) < 4.78 is 16.8. The molecule has 0 aliphatic rings. The van der Waals surface area contributed by atoms with Crippen molar-refractivity contribution >= 4 is 0 Å². The fourth-order valence-corrected chi connectivity index (χ4v) is 1.94. The Labute approximate surface area is 113 Å². The molecule has 1 nitrogen and oxygen atoms in total. The van der Waals surface area contributed by atoms with Gasteiger partial charge in [0, 0.05) is 0 Å². The Kier molecular flexibility index (Phi) is 4.73. The third-order valence-corrected chi connectivity index (χ3v) is 3.00. The molecule has 0 heterocycles. The summed E-state index contributed by atoms with van der Waals surface area (Å²) in [6.45, 7) is 2.93. The third kappa shape index (κ3) is 3.68. The van der Waals surface area contributed by atoms with E-state index in [9.17, 15) is 4.39 Å². The van der Waals surface area contributed by atoms with Crippen LogP contribution in [0.25, 0.3) is 11.1 Å². The molecule has 0 bridgehead atoms. The Morgan fingerprint density at radius 3 is 2.05 bits per heavy atom. The first-order valence-corrected chi connectivity index (χ1v) is 6.32. The molecule has 0 fully saturated rings. The first kappa shape index (κ1) is 13.3. The largest absolute Gasteiger partial charge is 0.463 e. The van der Waals surface area contributed by atoms with Crippen LogP contribution in [0, 0.1) is 0 Å². The van der Waals surface area contributed by atoms with Gasteiger partial charge < -0.3 is 4.74 Å². The van der Waals surface area contributed by atoms with Crippen LogP contribution in [0.2, 0.25) is 0 Å². The van der Waals surface area contributed by atoms with Crippen molar-refractivity contribution in [3.8, 4) is 16.9 Å². The number of aryl methyl sites for hydroxylation is 1. The van der Waals surface area contributed by atoms with E-state index in [0.29, 0.717) is 5.75 Å². The second-order valence-electron chi connectivity index (χ2n) is 4.30. The lowest BCUT2D eigenvalue weighted by atomic mass is 10.0. The van der Waals surface area contributed by atoms with Gasteiger partial charge in [-0.05, 0) is 41.7 Å². The zero-order valence-corrected chi connectivity index (χ0v) is 10.8. The molecule has 0 atom stereocenters. The molecule has 2 aromatic carbocycles. The molecule has 2 aromatic rings. The van der Waals surface area contributed by atoms with Crippen molar-refractivity contribution in [2.45, 2.75) is 12.8 Å². The number of benzene rings is 2. The molecule has 19 heavy (non-hydrogen) atoms. The fourth-order valence-electron chi connectivity index (χ4n) is 1.94. The molecular weight excluding hydrogens is 239 g/mol. The van der Waals surface area contributed by atoms with Gasteiger partial charge in [0.15, 0.2) is 0 Å². The molecule has 0 aliphatic carbocycles. The summed E-state index contributed by atoms with van der Waals surface area (Å²) in [5, 5.41) is 0. The summed E-state index contributed by atoms with van der Waals surface area (Å²) >= 11 is 0. The van der Waals surface area contributed by atoms with Gasteiger partial charge in [0.2, 0.25) is 6.86 Å². The fraction of sp³-hybridized carbons (Fsp3) is 0.176. The predicted molar refractivity (Wildman–Crippen MR) is 77.0 cm³/mol. The summed E-state index contributed by atoms with van der Waals surface area (Å²) in [6.07, 6.45) is 3.94. The molecule has 0 radical (unpaired) electrons. The van der Waals surface area contributed by atoms with Gasteiger partial charge >= 0.3 is 0 Å². The maximum absolute atomic E-state index is 12.0. The number of alkyl halides is 1. The average Bonchev–Trinajstić information content (AvgIpc) is 2.47. The maximum atomic E-state index is 12.0. The van der Waals surface area contributed by atoms with Gasteiger partial charge in [-0.15, -0.1) is 6.58 Å². The van der Waals surface area contributed by atoms with Gasteiger partial charge in [0.25, 0.3) is 0 Å². The van der Waals surface area contributed by atoms with Gasteiger partial charge in [-0.1, -0.05) is 42.5 Å². The Morgan fingerprint density at radius 1 is 0.947 bits per heavy atom. The molecule has 0 saturated carbocycles. The maximum Gasteiger partial charge on any atom is 0.228 e. The molecule has 0 amide bonds. The summed E-state index contributed by atoms with van der Waals surface area (Å²) in [7, 11) is 0. The predicted octanol–water partition coefficient (Wildman–Crippen LogP) is 4.78. The van der Waals surface area contributed by atoms with Crippen LogP contribution in [0.5, 0.6) is 5.75 Å². The summed E-state index contributed by atoms with van der Waals surface area (Å²) in [6, 6.07) is 15.9. The molecule has 0 unspecified atom stereocenters. The van der Waals surface area contributed by atoms with Gasteiger partial charge in [0.05, 0.1) is 0 Å². The van der Waals surface area contributed by atoms with E-state index >= 15 is 0 Å². The van der Waals surface area contributed by atoms with Crippen LogP contribution in [0.1, 0.15) is 12.0 Å². The molecule has 2 rings (SSSR count). The second kappa shape index (κ2) is 6.74. The molecule has 2 heteroatoms. The second-order valence-corrected chi connectivity index (χ2v) is 4.30. The first-order valence-electron chi connectivity index (χ1n) is 6.32. The van der Waals surface area contributed by atoms with Gasteiger partial charge in [-0.2, -0.15) is 0 Å². The Bertz CT molecular complexity index is 514. The van der Waals surface area contributed by atoms with Crippen molar-refractivity contribution in [1.82, 2.24) is 0 Å². The molecule has 0 spiro atoms. The van der Waals surface area contributed by atoms with Crippen LogP contribution in [0.4, 0.5) is 4.39 Å². The first-order chi connectivity index (χ1) is 9.33. The van der Waals surface area contributed by atoms with Crippen molar-refractivity contribution in [2.75, 3.05) is 6.86 Å². The van der Waals surface area contributed by atoms with E-state index < -0.39 is 6.86 Å². The van der Waals surface area contributed by atoms with E-state index in [-0.39, 0.29) is 0 Å². The Morgan fingerprint density at radius 2 is 1.53 bits per heavy atom. The topological polar surface area (TPSA) is 9.23 Å². The van der Waals surface area contributed by atoms with Crippen molar-refractivity contribution in [3.05, 3.63) is 66.7 Å². The zero-order chi connectivity index (χ0) is 13.5. The average molecular weight is 256 g/mol. The number of hydrogen-bond donors (Lipinski definition) is 0. The van der Waals surface area contributed by atoms with E-state index in [4.69, 9.17) is 4.74 Å². The van der Waals surface area contributed by atoms with E-state index in [1.807, 2.05) is 18.2 Å². The van der Waals surface area contributed by atoms with Gasteiger partial charge in [-0.25, -0.2) is 4.39 Å². The number of allylic oxidation sites excluding steroid dienone is 1. The lowest BCUT2D eigenvalue weighted by Crippen LogP contribution is -1.89. The molecule has 0 saturated heterocycles. The SMILES string of the molecule is C=CCCc1ccc(-c2ccc(OCF)cc2)cc1. The molecular formula is C17H17FO. The zero-order valence-electron chi connectivity index (χ0n) is 10.8. The van der Waals surface area contributed by atoms with E-state index in [0.717, 1.165) is 24.0 Å². The quantitative estimate of drug-likeness (QED) is 0.676. The number of halogens is 1. The monoisotopic (exact) mass is 256 g/mol. The highest BCUT2D eigenvalue weighted by Gasteiger charge is 1.99. The van der Waals surface area contributed by atoms with Crippen molar-refractivity contribution in [2.24, 2.45) is 0 Å². The van der Waals surface area contributed by atoms with Crippen LogP contribution < -0.4 is 4.74 Å². The smallest absolute Gasteiger partial charge is 0.228 e. The van der Waals surface area contributed by atoms with E-state index in [1.54, 1.807) is 12.1 Å². The van der Waals surface area contributed by atoms with Gasteiger partial charge in [0.1, 0.15) is 5.75 Å². The van der Waals surface area contributed by atoms with Crippen molar-refractivity contribution in [3.63, 3.8) is 0 Å². The van der Waals surface area contributed by atoms with Crippen LogP contribution >= 0.6 is 0 Å². The summed E-state index contributed by atoms with van der Waals surface area (Å²) in [5.74, 6) is 0.550. The van der Waals surface area contributed by atoms with Crippen LogP contribution in [0.15, 0.2) is 61.2 Å². The number of hydrogen-bond acceptors (Lipinski definition) is 1. The van der Waals surface area contributed by atoms with Crippen LogP contribution in [-0.2, 0) is 6.42 Å². The molecule has 0 aliphatic heterocycles. The van der Waals surface area contributed by atoms with Crippen LogP contribution in [0.3, 0.4) is 0 Å². The van der Waals surface area contributed by atoms with Gasteiger partial charge in [-0.3, -0.25) is 0 Å². The summed E-state index contributed by atoms with van der Waals surface area (Å²) in [5.41, 5.74) is 3.55. The van der Waals surface area contributed by atoms with Crippen molar-refractivity contribution < 1.29 is 9.13 Å². The third-order valence-electron chi connectivity index (χ3n) is 3.00. The molecule has 0 N–H and O–H groups in total. The minimum absolute atomic E-state index is 0.550. The van der Waals surface area contributed by atoms with E-state index in [1.165, 1.54) is 5.56 Å². The minimum atomic E-state index is -0.794. The Hall–Kier alpha value is -2.09. The highest BCUT2D eigenvalue weighted by atomic mass is 19.1. The lowest BCUT2D eigenvalue weighted by molar-refractivity contribution is 0.192. The number of rotatable bonds is 6. The van der Waals surface area contributed by atoms with Crippen LogP contribution in [-0.4, -0.2) is 6.86 Å². The number of ether oxygens (including phenoxy) is 1. The molecule has 0 aromatic heterocycles. The minimum Gasteiger partial charge on any atom is -0.463 e. The van der Waals surface area contributed by atoms with Crippen molar-refractivity contribution in [1.29, 1.82) is 0 Å². The molecule has 98 valence electrons. The standard InChI is InChI=1S/C17H17FO/c1-2-3-4-14-5-7-15(8-6-14)16-9-11-17(12-10-16)19-13-18/h2,5-12H,1,3-4,13H2. The van der Waals surface area contributed by atoms with E-state index in [2.05, 4.69) is 30.8 Å². The lowest BCUT2D eigenvalue weighted by Gasteiger charge is -2.05.